The lowest BCUT2D eigenvalue weighted by molar-refractivity contribution is -0.107. The number of carbonyl (C=O) groups is 1. The summed E-state index contributed by atoms with van der Waals surface area (Å²) < 4.78 is 1.08. The van der Waals surface area contributed by atoms with E-state index in [4.69, 9.17) is 0 Å². The van der Waals surface area contributed by atoms with Crippen LogP contribution in [0, 0.1) is 0 Å². The summed E-state index contributed by atoms with van der Waals surface area (Å²) in [6.07, 6.45) is 6.39. The fourth-order valence-electron chi connectivity index (χ4n) is 0.958. The minimum absolute atomic E-state index is 0.604. The van der Waals surface area contributed by atoms with Crippen molar-refractivity contribution in [2.45, 2.75) is 12.8 Å². The minimum atomic E-state index is 0.604. The third-order valence-electron chi connectivity index (χ3n) is 1.63. The first-order valence-electron chi connectivity index (χ1n) is 4.18. The lowest BCUT2D eigenvalue weighted by Crippen LogP contribution is -1.73. The van der Waals surface area contributed by atoms with Crippen LogP contribution in [0.2, 0.25) is 0 Å². The van der Waals surface area contributed by atoms with Crippen molar-refractivity contribution in [3.05, 3.63) is 40.4 Å². The van der Waals surface area contributed by atoms with Crippen molar-refractivity contribution in [3.8, 4) is 0 Å². The first-order valence-corrected chi connectivity index (χ1v) is 4.98. The zero-order chi connectivity index (χ0) is 9.52. The van der Waals surface area contributed by atoms with Gasteiger partial charge in [0, 0.05) is 10.9 Å². The average molecular weight is 239 g/mol. The maximum Gasteiger partial charge on any atom is 0.120 e. The molecule has 0 aliphatic heterocycles. The smallest absolute Gasteiger partial charge is 0.120 e. The summed E-state index contributed by atoms with van der Waals surface area (Å²) >= 11 is 3.37. The van der Waals surface area contributed by atoms with Gasteiger partial charge in [-0.3, -0.25) is 0 Å². The molecule has 1 aromatic rings. The number of halogens is 1. The van der Waals surface area contributed by atoms with Crippen molar-refractivity contribution in [3.63, 3.8) is 0 Å². The Kier molecular flexibility index (Phi) is 4.47. The van der Waals surface area contributed by atoms with Gasteiger partial charge in [-0.1, -0.05) is 40.2 Å². The van der Waals surface area contributed by atoms with Crippen LogP contribution in [0.25, 0.3) is 6.08 Å². The SMILES string of the molecule is O=CCC/C=C/c1ccc(Br)cc1. The van der Waals surface area contributed by atoms with Gasteiger partial charge in [0.15, 0.2) is 0 Å². The first-order chi connectivity index (χ1) is 6.33. The number of unbranched alkanes of at least 4 members (excludes halogenated alkanes) is 1. The quantitative estimate of drug-likeness (QED) is 0.581. The molecule has 0 saturated carbocycles. The molecule has 0 bridgehead atoms. The molecular formula is C11H11BrO. The Labute approximate surface area is 86.6 Å². The second-order valence-electron chi connectivity index (χ2n) is 2.70. The molecule has 0 aromatic heterocycles. The van der Waals surface area contributed by atoms with Crippen molar-refractivity contribution < 1.29 is 4.79 Å². The van der Waals surface area contributed by atoms with Gasteiger partial charge in [-0.05, 0) is 24.1 Å². The summed E-state index contributed by atoms with van der Waals surface area (Å²) in [5, 5.41) is 0. The lowest BCUT2D eigenvalue weighted by atomic mass is 10.2. The molecule has 1 rings (SSSR count). The molecule has 13 heavy (non-hydrogen) atoms. The Morgan fingerprint density at radius 2 is 1.85 bits per heavy atom. The Morgan fingerprint density at radius 1 is 1.15 bits per heavy atom. The van der Waals surface area contributed by atoms with Crippen LogP contribution in [0.1, 0.15) is 18.4 Å². The predicted octanol–water partition coefficient (Wildman–Crippen LogP) is 3.44. The molecule has 0 saturated heterocycles. The van der Waals surface area contributed by atoms with Crippen molar-refractivity contribution in [2.75, 3.05) is 0 Å². The van der Waals surface area contributed by atoms with E-state index in [1.165, 1.54) is 0 Å². The summed E-state index contributed by atoms with van der Waals surface area (Å²) in [5.41, 5.74) is 1.16. The zero-order valence-corrected chi connectivity index (χ0v) is 8.83. The molecule has 0 unspecified atom stereocenters. The van der Waals surface area contributed by atoms with E-state index >= 15 is 0 Å². The first kappa shape index (κ1) is 10.2. The van der Waals surface area contributed by atoms with Crippen LogP contribution in [0.15, 0.2) is 34.8 Å². The van der Waals surface area contributed by atoms with Gasteiger partial charge in [-0.15, -0.1) is 0 Å². The van der Waals surface area contributed by atoms with E-state index in [-0.39, 0.29) is 0 Å². The number of carbonyl (C=O) groups excluding carboxylic acids is 1. The fourth-order valence-corrected chi connectivity index (χ4v) is 1.22. The van der Waals surface area contributed by atoms with Gasteiger partial charge in [0.25, 0.3) is 0 Å². The topological polar surface area (TPSA) is 17.1 Å². The van der Waals surface area contributed by atoms with Crippen LogP contribution in [0.5, 0.6) is 0 Å². The van der Waals surface area contributed by atoms with Gasteiger partial charge in [-0.25, -0.2) is 0 Å². The minimum Gasteiger partial charge on any atom is -0.303 e. The molecule has 68 valence electrons. The van der Waals surface area contributed by atoms with Crippen LogP contribution >= 0.6 is 15.9 Å². The second-order valence-corrected chi connectivity index (χ2v) is 3.61. The second kappa shape index (κ2) is 5.70. The van der Waals surface area contributed by atoms with Crippen molar-refractivity contribution >= 4 is 28.3 Å². The average Bonchev–Trinajstić information content (AvgIpc) is 2.15. The molecule has 0 N–H and O–H groups in total. The molecule has 0 heterocycles. The summed E-state index contributed by atoms with van der Waals surface area (Å²) in [5.74, 6) is 0. The zero-order valence-electron chi connectivity index (χ0n) is 7.24. The van der Waals surface area contributed by atoms with E-state index in [2.05, 4.69) is 15.9 Å². The highest BCUT2D eigenvalue weighted by molar-refractivity contribution is 9.10. The van der Waals surface area contributed by atoms with Crippen LogP contribution < -0.4 is 0 Å². The highest BCUT2D eigenvalue weighted by Crippen LogP contribution is 2.11. The molecule has 2 heteroatoms. The fraction of sp³-hybridized carbons (Fsp3) is 0.182. The number of aldehydes is 1. The Balaban J connectivity index is 2.49. The van der Waals surface area contributed by atoms with Gasteiger partial charge >= 0.3 is 0 Å². The summed E-state index contributed by atoms with van der Waals surface area (Å²) in [6.45, 7) is 0. The number of benzene rings is 1. The van der Waals surface area contributed by atoms with E-state index < -0.39 is 0 Å². The van der Waals surface area contributed by atoms with Crippen LogP contribution in [0.3, 0.4) is 0 Å². The van der Waals surface area contributed by atoms with Crippen molar-refractivity contribution in [1.82, 2.24) is 0 Å². The Bertz CT molecular complexity index is 287. The van der Waals surface area contributed by atoms with E-state index in [0.717, 1.165) is 22.7 Å². The van der Waals surface area contributed by atoms with Crippen LogP contribution in [0.4, 0.5) is 0 Å². The largest absolute Gasteiger partial charge is 0.303 e. The highest BCUT2D eigenvalue weighted by atomic mass is 79.9. The van der Waals surface area contributed by atoms with E-state index in [1.807, 2.05) is 36.4 Å². The maximum atomic E-state index is 10.0. The standard InChI is InChI=1S/C11H11BrO/c12-11-7-5-10(6-8-11)4-2-1-3-9-13/h2,4-9H,1,3H2/b4-2+. The monoisotopic (exact) mass is 238 g/mol. The molecule has 0 aliphatic carbocycles. The summed E-state index contributed by atoms with van der Waals surface area (Å²) in [7, 11) is 0. The van der Waals surface area contributed by atoms with Gasteiger partial charge in [-0.2, -0.15) is 0 Å². The van der Waals surface area contributed by atoms with E-state index in [9.17, 15) is 4.79 Å². The molecule has 0 atom stereocenters. The molecular weight excluding hydrogens is 228 g/mol. The van der Waals surface area contributed by atoms with Gasteiger partial charge in [0.05, 0.1) is 0 Å². The maximum absolute atomic E-state index is 10.0. The number of hydrogen-bond acceptors (Lipinski definition) is 1. The normalized spacial score (nSPS) is 10.5. The highest BCUT2D eigenvalue weighted by Gasteiger charge is 1.86. The van der Waals surface area contributed by atoms with E-state index in [0.29, 0.717) is 6.42 Å². The van der Waals surface area contributed by atoms with Crippen molar-refractivity contribution in [2.24, 2.45) is 0 Å². The number of rotatable bonds is 4. The third-order valence-corrected chi connectivity index (χ3v) is 2.16. The molecule has 0 fully saturated rings. The van der Waals surface area contributed by atoms with Crippen molar-refractivity contribution in [1.29, 1.82) is 0 Å². The Hall–Kier alpha value is -0.890. The third kappa shape index (κ3) is 4.04. The van der Waals surface area contributed by atoms with E-state index in [1.54, 1.807) is 0 Å². The lowest BCUT2D eigenvalue weighted by Gasteiger charge is -1.92. The number of allylic oxidation sites excluding steroid dienone is 1. The summed E-state index contributed by atoms with van der Waals surface area (Å²) in [6, 6.07) is 8.06. The predicted molar refractivity (Wildman–Crippen MR) is 58.5 cm³/mol. The molecule has 1 aromatic carbocycles. The van der Waals surface area contributed by atoms with Gasteiger partial charge in [0.1, 0.15) is 6.29 Å². The summed E-state index contributed by atoms with van der Waals surface area (Å²) in [4.78, 5) is 10.0. The molecule has 0 aliphatic rings. The molecule has 1 nitrogen and oxygen atoms in total. The molecule has 0 spiro atoms. The van der Waals surface area contributed by atoms with Gasteiger partial charge in [0.2, 0.25) is 0 Å². The number of hydrogen-bond donors (Lipinski definition) is 0. The molecule has 0 amide bonds. The van der Waals surface area contributed by atoms with Crippen LogP contribution in [-0.2, 0) is 4.79 Å². The van der Waals surface area contributed by atoms with Crippen LogP contribution in [-0.4, -0.2) is 6.29 Å². The molecule has 0 radical (unpaired) electrons. The Morgan fingerprint density at radius 3 is 2.46 bits per heavy atom. The van der Waals surface area contributed by atoms with Gasteiger partial charge < -0.3 is 4.79 Å².